The summed E-state index contributed by atoms with van der Waals surface area (Å²) in [5.74, 6) is 1.39. The summed E-state index contributed by atoms with van der Waals surface area (Å²) in [7, 11) is 0. The summed E-state index contributed by atoms with van der Waals surface area (Å²) < 4.78 is 0. The Morgan fingerprint density at radius 3 is 1.60 bits per heavy atom. The van der Waals surface area contributed by atoms with Gasteiger partial charge in [-0.3, -0.25) is 0 Å². The van der Waals surface area contributed by atoms with Crippen molar-refractivity contribution in [3.05, 3.63) is 70.8 Å². The van der Waals surface area contributed by atoms with E-state index in [2.05, 4.69) is 75.0 Å². The van der Waals surface area contributed by atoms with E-state index in [9.17, 15) is 0 Å². The highest BCUT2D eigenvalue weighted by Crippen LogP contribution is 2.37. The van der Waals surface area contributed by atoms with Crippen LogP contribution in [0.5, 0.6) is 0 Å². The standard InChI is InChI=1S/C18H20S.H2O/c1-18(2)15-7-3-13(4-8-15)17(11-12-19)14-5-9-16(18)10-6-14;/h3-10,17,19H,11-12H2,1-2H3;1H2. The van der Waals surface area contributed by atoms with Crippen molar-refractivity contribution in [3.8, 4) is 0 Å². The van der Waals surface area contributed by atoms with E-state index in [1.54, 1.807) is 0 Å². The number of hydrogen-bond acceptors (Lipinski definition) is 1. The van der Waals surface area contributed by atoms with Crippen molar-refractivity contribution in [2.75, 3.05) is 5.75 Å². The van der Waals surface area contributed by atoms with Crippen molar-refractivity contribution in [2.45, 2.75) is 31.6 Å². The van der Waals surface area contributed by atoms with Gasteiger partial charge in [0.1, 0.15) is 0 Å². The predicted molar refractivity (Wildman–Crippen MR) is 88.9 cm³/mol. The van der Waals surface area contributed by atoms with Crippen molar-refractivity contribution >= 4 is 12.6 Å². The lowest BCUT2D eigenvalue weighted by atomic mass is 9.75. The molecule has 1 nitrogen and oxygen atoms in total. The van der Waals surface area contributed by atoms with Crippen LogP contribution in [-0.2, 0) is 5.41 Å². The van der Waals surface area contributed by atoms with Crippen LogP contribution in [0.1, 0.15) is 48.4 Å². The van der Waals surface area contributed by atoms with Crippen molar-refractivity contribution < 1.29 is 5.48 Å². The van der Waals surface area contributed by atoms with Gasteiger partial charge in [0, 0.05) is 11.3 Å². The van der Waals surface area contributed by atoms with Crippen LogP contribution in [0.4, 0.5) is 0 Å². The first-order chi connectivity index (χ1) is 9.13. The van der Waals surface area contributed by atoms with Gasteiger partial charge in [-0.2, -0.15) is 12.6 Å². The van der Waals surface area contributed by atoms with Gasteiger partial charge in [-0.05, 0) is 34.4 Å². The maximum absolute atomic E-state index is 4.42. The average molecular weight is 286 g/mol. The molecule has 0 fully saturated rings. The SMILES string of the molecule is CC1(C)c2ccc(cc2)C(CCS)c2ccc1cc2.O. The molecule has 106 valence electrons. The molecule has 4 aliphatic carbocycles. The molecule has 2 aromatic carbocycles. The van der Waals surface area contributed by atoms with Gasteiger partial charge in [0.2, 0.25) is 0 Å². The molecular weight excluding hydrogens is 264 g/mol. The third kappa shape index (κ3) is 2.38. The molecule has 0 saturated heterocycles. The molecule has 6 rings (SSSR count). The fourth-order valence-corrected chi connectivity index (χ4v) is 3.34. The maximum atomic E-state index is 4.42. The quantitative estimate of drug-likeness (QED) is 0.811. The second-order valence-corrected chi connectivity index (χ2v) is 6.38. The van der Waals surface area contributed by atoms with Gasteiger partial charge in [0.05, 0.1) is 0 Å². The van der Waals surface area contributed by atoms with Gasteiger partial charge in [-0.1, -0.05) is 62.4 Å². The Bertz CT molecular complexity index is 520. The third-order valence-corrected chi connectivity index (χ3v) is 4.75. The van der Waals surface area contributed by atoms with E-state index in [1.807, 2.05) is 0 Å². The minimum atomic E-state index is 0. The zero-order chi connectivity index (χ0) is 13.5. The van der Waals surface area contributed by atoms with Crippen LogP contribution >= 0.6 is 12.6 Å². The Labute approximate surface area is 126 Å². The zero-order valence-corrected chi connectivity index (χ0v) is 13.0. The predicted octanol–water partition coefficient (Wildman–Crippen LogP) is 3.95. The molecule has 2 heteroatoms. The largest absolute Gasteiger partial charge is 0.412 e. The molecule has 0 aliphatic heterocycles. The number of benzene rings is 2. The molecule has 0 saturated carbocycles. The summed E-state index contributed by atoms with van der Waals surface area (Å²) in [5, 5.41) is 0. The lowest BCUT2D eigenvalue weighted by Gasteiger charge is -2.29. The molecule has 0 radical (unpaired) electrons. The Hall–Kier alpha value is -1.25. The summed E-state index contributed by atoms with van der Waals surface area (Å²) in [4.78, 5) is 0. The average Bonchev–Trinajstić information content (AvgIpc) is 2.45. The maximum Gasteiger partial charge on any atom is 0.0146 e. The first kappa shape index (κ1) is 15.1. The fraction of sp³-hybridized carbons (Fsp3) is 0.333. The molecule has 2 N–H and O–H groups in total. The second kappa shape index (κ2) is 5.63. The first-order valence-electron chi connectivity index (χ1n) is 6.94. The first-order valence-corrected chi connectivity index (χ1v) is 7.58. The Balaban J connectivity index is 0.00000147. The minimum Gasteiger partial charge on any atom is -0.412 e. The Morgan fingerprint density at radius 2 is 1.25 bits per heavy atom. The highest BCUT2D eigenvalue weighted by molar-refractivity contribution is 7.80. The van der Waals surface area contributed by atoms with E-state index in [1.165, 1.54) is 22.3 Å². The van der Waals surface area contributed by atoms with Gasteiger partial charge in [-0.25, -0.2) is 0 Å². The molecule has 0 amide bonds. The number of rotatable bonds is 2. The van der Waals surface area contributed by atoms with Gasteiger partial charge < -0.3 is 5.48 Å². The van der Waals surface area contributed by atoms with Crippen LogP contribution in [0, 0.1) is 0 Å². The van der Waals surface area contributed by atoms with Crippen molar-refractivity contribution in [3.63, 3.8) is 0 Å². The van der Waals surface area contributed by atoms with Crippen LogP contribution in [0.15, 0.2) is 48.5 Å². The van der Waals surface area contributed by atoms with Crippen LogP contribution in [0.3, 0.4) is 0 Å². The third-order valence-electron chi connectivity index (χ3n) is 4.49. The summed E-state index contributed by atoms with van der Waals surface area (Å²) >= 11 is 4.42. The molecular formula is C18H22OS. The highest BCUT2D eigenvalue weighted by atomic mass is 32.1. The molecule has 0 aromatic heterocycles. The van der Waals surface area contributed by atoms with E-state index in [-0.39, 0.29) is 10.9 Å². The van der Waals surface area contributed by atoms with Crippen LogP contribution in [0.2, 0.25) is 0 Å². The van der Waals surface area contributed by atoms with Crippen LogP contribution < -0.4 is 0 Å². The van der Waals surface area contributed by atoms with Crippen molar-refractivity contribution in [1.29, 1.82) is 0 Å². The highest BCUT2D eigenvalue weighted by Gasteiger charge is 2.25. The van der Waals surface area contributed by atoms with Crippen molar-refractivity contribution in [2.24, 2.45) is 0 Å². The molecule has 0 atom stereocenters. The minimum absolute atomic E-state index is 0. The van der Waals surface area contributed by atoms with Crippen LogP contribution in [0.25, 0.3) is 0 Å². The van der Waals surface area contributed by atoms with Gasteiger partial charge in [0.15, 0.2) is 0 Å². The number of thiol groups is 1. The monoisotopic (exact) mass is 286 g/mol. The normalized spacial score (nSPS) is 15.9. The Kier molecular flexibility index (Phi) is 4.26. The molecule has 20 heavy (non-hydrogen) atoms. The molecule has 0 spiro atoms. The van der Waals surface area contributed by atoms with Crippen LogP contribution in [-0.4, -0.2) is 11.2 Å². The molecule has 0 unspecified atom stereocenters. The van der Waals surface area contributed by atoms with E-state index in [0.717, 1.165) is 12.2 Å². The summed E-state index contributed by atoms with van der Waals surface area (Å²) in [6.45, 7) is 4.59. The van der Waals surface area contributed by atoms with E-state index < -0.39 is 0 Å². The van der Waals surface area contributed by atoms with Gasteiger partial charge >= 0.3 is 0 Å². The molecule has 2 aromatic rings. The second-order valence-electron chi connectivity index (χ2n) is 5.93. The lowest BCUT2D eigenvalue weighted by molar-refractivity contribution is 0.636. The van der Waals surface area contributed by atoms with E-state index in [0.29, 0.717) is 5.92 Å². The van der Waals surface area contributed by atoms with Gasteiger partial charge in [0.25, 0.3) is 0 Å². The summed E-state index contributed by atoms with van der Waals surface area (Å²) in [5.41, 5.74) is 5.66. The lowest BCUT2D eigenvalue weighted by Crippen LogP contribution is -2.20. The summed E-state index contributed by atoms with van der Waals surface area (Å²) in [6.07, 6.45) is 1.09. The van der Waals surface area contributed by atoms with E-state index >= 15 is 0 Å². The fourth-order valence-electron chi connectivity index (χ4n) is 3.09. The smallest absolute Gasteiger partial charge is 0.0146 e. The molecule has 0 heterocycles. The topological polar surface area (TPSA) is 31.5 Å². The molecule has 4 aliphatic rings. The van der Waals surface area contributed by atoms with Crippen molar-refractivity contribution in [1.82, 2.24) is 0 Å². The number of hydrogen-bond donors (Lipinski definition) is 1. The summed E-state index contributed by atoms with van der Waals surface area (Å²) in [6, 6.07) is 18.3. The Morgan fingerprint density at radius 1 is 0.850 bits per heavy atom. The van der Waals surface area contributed by atoms with Gasteiger partial charge in [-0.15, -0.1) is 0 Å². The molecule has 4 bridgehead atoms. The zero-order valence-electron chi connectivity index (χ0n) is 12.1. The van der Waals surface area contributed by atoms with E-state index in [4.69, 9.17) is 0 Å².